The fourth-order valence-corrected chi connectivity index (χ4v) is 3.34. The van der Waals surface area contributed by atoms with Crippen molar-refractivity contribution < 1.29 is 0 Å². The van der Waals surface area contributed by atoms with Crippen molar-refractivity contribution in [3.8, 4) is 0 Å². The van der Waals surface area contributed by atoms with E-state index in [9.17, 15) is 0 Å². The van der Waals surface area contributed by atoms with Gasteiger partial charge in [0, 0.05) is 24.5 Å². The Balaban J connectivity index is 1.64. The van der Waals surface area contributed by atoms with Crippen LogP contribution in [-0.2, 0) is 13.1 Å². The summed E-state index contributed by atoms with van der Waals surface area (Å²) in [5, 5.41) is 2.55. The number of nitrogens with zero attached hydrogens (tertiary/aromatic N) is 4. The van der Waals surface area contributed by atoms with Crippen LogP contribution < -0.4 is 0 Å². The van der Waals surface area contributed by atoms with Gasteiger partial charge in [-0.15, -0.1) is 0 Å². The molecule has 2 aromatic carbocycles. The molecule has 0 fully saturated rings. The Bertz CT molecular complexity index is 1000. The third kappa shape index (κ3) is 3.03. The van der Waals surface area contributed by atoms with E-state index in [1.807, 2.05) is 12.7 Å². The van der Waals surface area contributed by atoms with E-state index in [1.54, 1.807) is 0 Å². The molecule has 132 valence electrons. The first-order chi connectivity index (χ1) is 12.5. The molecule has 4 heteroatoms. The van der Waals surface area contributed by atoms with Gasteiger partial charge in [0.15, 0.2) is 0 Å². The van der Waals surface area contributed by atoms with Crippen LogP contribution in [0, 0.1) is 27.7 Å². The van der Waals surface area contributed by atoms with E-state index in [4.69, 9.17) is 0 Å². The smallest absolute Gasteiger partial charge is 0.0954 e. The SMILES string of the molecule is Cc1ncn(Cc2ccc3ccc(Cn4cnc(C)c4C)cc3c2)c1C. The Morgan fingerprint density at radius 3 is 1.50 bits per heavy atom. The van der Waals surface area contributed by atoms with Gasteiger partial charge < -0.3 is 9.13 Å². The lowest BCUT2D eigenvalue weighted by Crippen LogP contribution is -2.01. The molecule has 0 aliphatic heterocycles. The Morgan fingerprint density at radius 1 is 0.654 bits per heavy atom. The summed E-state index contributed by atoms with van der Waals surface area (Å²) in [7, 11) is 0. The first kappa shape index (κ1) is 16.6. The number of hydrogen-bond donors (Lipinski definition) is 0. The van der Waals surface area contributed by atoms with E-state index in [0.29, 0.717) is 0 Å². The van der Waals surface area contributed by atoms with E-state index in [0.717, 1.165) is 24.5 Å². The monoisotopic (exact) mass is 344 g/mol. The minimum absolute atomic E-state index is 0.854. The molecule has 0 saturated heterocycles. The van der Waals surface area contributed by atoms with Crippen LogP contribution in [0.2, 0.25) is 0 Å². The van der Waals surface area contributed by atoms with Crippen molar-refractivity contribution in [3.05, 3.63) is 83.0 Å². The number of rotatable bonds is 4. The third-order valence-corrected chi connectivity index (χ3v) is 5.37. The normalized spacial score (nSPS) is 11.4. The molecular weight excluding hydrogens is 320 g/mol. The van der Waals surface area contributed by atoms with Crippen molar-refractivity contribution in [2.24, 2.45) is 0 Å². The molecule has 4 rings (SSSR count). The van der Waals surface area contributed by atoms with Crippen molar-refractivity contribution in [2.45, 2.75) is 40.8 Å². The number of hydrogen-bond acceptors (Lipinski definition) is 2. The molecule has 0 saturated carbocycles. The van der Waals surface area contributed by atoms with E-state index >= 15 is 0 Å². The summed E-state index contributed by atoms with van der Waals surface area (Å²) in [5.74, 6) is 0. The maximum atomic E-state index is 4.40. The van der Waals surface area contributed by atoms with Gasteiger partial charge in [0.2, 0.25) is 0 Å². The molecule has 0 atom stereocenters. The van der Waals surface area contributed by atoms with Gasteiger partial charge in [0.05, 0.1) is 24.0 Å². The summed E-state index contributed by atoms with van der Waals surface area (Å²) in [5.41, 5.74) is 7.24. The minimum atomic E-state index is 0.854. The molecule has 0 radical (unpaired) electrons. The Hall–Kier alpha value is -2.88. The highest BCUT2D eigenvalue weighted by Gasteiger charge is 2.06. The van der Waals surface area contributed by atoms with Crippen molar-refractivity contribution in [1.29, 1.82) is 0 Å². The van der Waals surface area contributed by atoms with E-state index < -0.39 is 0 Å². The molecule has 26 heavy (non-hydrogen) atoms. The van der Waals surface area contributed by atoms with E-state index in [2.05, 4.69) is 83.2 Å². The zero-order valence-corrected chi connectivity index (χ0v) is 15.8. The zero-order chi connectivity index (χ0) is 18.3. The highest BCUT2D eigenvalue weighted by molar-refractivity contribution is 5.83. The van der Waals surface area contributed by atoms with Gasteiger partial charge in [0.1, 0.15) is 0 Å². The zero-order valence-electron chi connectivity index (χ0n) is 15.8. The summed E-state index contributed by atoms with van der Waals surface area (Å²) in [6.45, 7) is 10.1. The highest BCUT2D eigenvalue weighted by Crippen LogP contribution is 2.20. The summed E-state index contributed by atoms with van der Waals surface area (Å²) >= 11 is 0. The molecule has 4 aromatic rings. The van der Waals surface area contributed by atoms with Gasteiger partial charge in [-0.1, -0.05) is 24.3 Å². The predicted molar refractivity (Wildman–Crippen MR) is 106 cm³/mol. The van der Waals surface area contributed by atoms with Gasteiger partial charge in [-0.2, -0.15) is 0 Å². The van der Waals surface area contributed by atoms with Gasteiger partial charge in [-0.25, -0.2) is 9.97 Å². The summed E-state index contributed by atoms with van der Waals surface area (Å²) in [6.07, 6.45) is 3.85. The molecule has 2 heterocycles. The second-order valence-electron chi connectivity index (χ2n) is 7.10. The molecule has 0 aliphatic carbocycles. The standard InChI is InChI=1S/C22H24N4/c1-15-17(3)25(13-23-15)11-19-5-7-21-8-6-20(10-22(21)9-19)12-26-14-24-16(2)18(26)4/h5-10,13-14H,11-12H2,1-4H3. The third-order valence-electron chi connectivity index (χ3n) is 5.37. The molecule has 0 amide bonds. The van der Waals surface area contributed by atoms with Crippen LogP contribution in [0.25, 0.3) is 10.8 Å². The number of aromatic nitrogens is 4. The topological polar surface area (TPSA) is 35.6 Å². The molecule has 0 spiro atoms. The molecule has 2 aromatic heterocycles. The van der Waals surface area contributed by atoms with Crippen LogP contribution in [0.15, 0.2) is 49.1 Å². The lowest BCUT2D eigenvalue weighted by molar-refractivity contribution is 0.768. The first-order valence-corrected chi connectivity index (χ1v) is 8.99. The van der Waals surface area contributed by atoms with Crippen LogP contribution in [0.4, 0.5) is 0 Å². The average molecular weight is 344 g/mol. The van der Waals surface area contributed by atoms with Gasteiger partial charge in [-0.05, 0) is 61.7 Å². The number of fused-ring (bicyclic) bond motifs is 1. The summed E-state index contributed by atoms with van der Waals surface area (Å²) < 4.78 is 4.41. The molecule has 0 aliphatic rings. The molecule has 0 N–H and O–H groups in total. The number of benzene rings is 2. The minimum Gasteiger partial charge on any atom is -0.330 e. The Kier molecular flexibility index (Phi) is 4.11. The molecular formula is C22H24N4. The fourth-order valence-electron chi connectivity index (χ4n) is 3.34. The maximum Gasteiger partial charge on any atom is 0.0954 e. The van der Waals surface area contributed by atoms with E-state index in [-0.39, 0.29) is 0 Å². The van der Waals surface area contributed by atoms with Crippen LogP contribution >= 0.6 is 0 Å². The fraction of sp³-hybridized carbons (Fsp3) is 0.273. The van der Waals surface area contributed by atoms with Gasteiger partial charge in [0.25, 0.3) is 0 Å². The van der Waals surface area contributed by atoms with Gasteiger partial charge in [-0.3, -0.25) is 0 Å². The second kappa shape index (κ2) is 6.45. The summed E-state index contributed by atoms with van der Waals surface area (Å²) in [6, 6.07) is 13.4. The summed E-state index contributed by atoms with van der Waals surface area (Å²) in [4.78, 5) is 8.80. The predicted octanol–water partition coefficient (Wildman–Crippen LogP) is 4.56. The van der Waals surface area contributed by atoms with Crippen LogP contribution in [-0.4, -0.2) is 19.1 Å². The Labute approximate surface area is 154 Å². The number of imidazole rings is 2. The van der Waals surface area contributed by atoms with Crippen molar-refractivity contribution in [3.63, 3.8) is 0 Å². The molecule has 0 bridgehead atoms. The Morgan fingerprint density at radius 2 is 1.12 bits per heavy atom. The van der Waals surface area contributed by atoms with Gasteiger partial charge >= 0.3 is 0 Å². The van der Waals surface area contributed by atoms with Crippen LogP contribution in [0.3, 0.4) is 0 Å². The van der Waals surface area contributed by atoms with E-state index in [1.165, 1.54) is 33.3 Å². The average Bonchev–Trinajstić information content (AvgIpc) is 3.12. The molecule has 4 nitrogen and oxygen atoms in total. The van der Waals surface area contributed by atoms with Crippen molar-refractivity contribution in [1.82, 2.24) is 19.1 Å². The van der Waals surface area contributed by atoms with Crippen LogP contribution in [0.1, 0.15) is 33.9 Å². The lowest BCUT2D eigenvalue weighted by Gasteiger charge is -2.10. The van der Waals surface area contributed by atoms with Crippen LogP contribution in [0.5, 0.6) is 0 Å². The maximum absolute atomic E-state index is 4.40. The quantitative estimate of drug-likeness (QED) is 0.544. The first-order valence-electron chi connectivity index (χ1n) is 8.99. The highest BCUT2D eigenvalue weighted by atomic mass is 15.1. The largest absolute Gasteiger partial charge is 0.330 e. The molecule has 0 unspecified atom stereocenters. The lowest BCUT2D eigenvalue weighted by atomic mass is 10.0. The van der Waals surface area contributed by atoms with Crippen molar-refractivity contribution >= 4 is 10.8 Å². The van der Waals surface area contributed by atoms with Crippen molar-refractivity contribution in [2.75, 3.05) is 0 Å². The second-order valence-corrected chi connectivity index (χ2v) is 7.10. The number of aryl methyl sites for hydroxylation is 2.